The predicted octanol–water partition coefficient (Wildman–Crippen LogP) is 2.13. The molecule has 0 saturated carbocycles. The van der Waals surface area contributed by atoms with Crippen molar-refractivity contribution < 1.29 is 0 Å². The summed E-state index contributed by atoms with van der Waals surface area (Å²) in [6.07, 6.45) is 0.983. The molecule has 94 valence electrons. The lowest BCUT2D eigenvalue weighted by Gasteiger charge is -2.33. The molecule has 1 aromatic carbocycles. The van der Waals surface area contributed by atoms with E-state index in [9.17, 15) is 0 Å². The molecule has 1 heterocycles. The van der Waals surface area contributed by atoms with Crippen LogP contribution < -0.4 is 5.73 Å². The maximum Gasteiger partial charge on any atom is 0.0237 e. The fourth-order valence-corrected chi connectivity index (χ4v) is 3.29. The van der Waals surface area contributed by atoms with Gasteiger partial charge in [-0.3, -0.25) is 4.90 Å². The Hall–Kier alpha value is -0.510. The van der Waals surface area contributed by atoms with E-state index in [1.165, 1.54) is 29.2 Å². The van der Waals surface area contributed by atoms with Crippen LogP contribution >= 0.6 is 11.8 Å². The van der Waals surface area contributed by atoms with Crippen molar-refractivity contribution in [2.75, 3.05) is 24.6 Å². The molecule has 2 nitrogen and oxygen atoms in total. The van der Waals surface area contributed by atoms with Gasteiger partial charge in [-0.1, -0.05) is 24.3 Å². The summed E-state index contributed by atoms with van der Waals surface area (Å²) in [5, 5.41) is 0. The lowest BCUT2D eigenvalue weighted by molar-refractivity contribution is 0.224. The molecule has 2 rings (SSSR count). The SMILES string of the molecule is CC1CSCCN1Cc1ccc(CCN)cc1. The van der Waals surface area contributed by atoms with E-state index in [1.54, 1.807) is 0 Å². The number of nitrogens with zero attached hydrogens (tertiary/aromatic N) is 1. The molecule has 0 radical (unpaired) electrons. The van der Waals surface area contributed by atoms with Gasteiger partial charge in [-0.25, -0.2) is 0 Å². The highest BCUT2D eigenvalue weighted by molar-refractivity contribution is 7.99. The standard InChI is InChI=1S/C14H22N2S/c1-12-11-17-9-8-16(12)10-14-4-2-13(3-5-14)6-7-15/h2-5,12H,6-11,15H2,1H3. The number of benzene rings is 1. The Kier molecular flexibility index (Phi) is 4.89. The van der Waals surface area contributed by atoms with E-state index in [0.29, 0.717) is 6.04 Å². The van der Waals surface area contributed by atoms with Gasteiger partial charge in [0.25, 0.3) is 0 Å². The molecule has 1 saturated heterocycles. The van der Waals surface area contributed by atoms with Crippen molar-refractivity contribution in [1.82, 2.24) is 4.90 Å². The molecule has 1 aliphatic heterocycles. The van der Waals surface area contributed by atoms with E-state index in [0.717, 1.165) is 19.5 Å². The number of nitrogens with two attached hydrogens (primary N) is 1. The monoisotopic (exact) mass is 250 g/mol. The van der Waals surface area contributed by atoms with Gasteiger partial charge in [0, 0.05) is 30.6 Å². The van der Waals surface area contributed by atoms with Crippen molar-refractivity contribution in [2.45, 2.75) is 25.9 Å². The topological polar surface area (TPSA) is 29.3 Å². The lowest BCUT2D eigenvalue weighted by Crippen LogP contribution is -2.39. The van der Waals surface area contributed by atoms with Gasteiger partial charge in [0.1, 0.15) is 0 Å². The van der Waals surface area contributed by atoms with Gasteiger partial charge < -0.3 is 5.73 Å². The number of thioether (sulfide) groups is 1. The van der Waals surface area contributed by atoms with Crippen molar-refractivity contribution in [1.29, 1.82) is 0 Å². The molecule has 3 heteroatoms. The maximum atomic E-state index is 5.56. The molecule has 17 heavy (non-hydrogen) atoms. The largest absolute Gasteiger partial charge is 0.330 e. The number of hydrogen-bond donors (Lipinski definition) is 1. The molecule has 2 N–H and O–H groups in total. The van der Waals surface area contributed by atoms with Gasteiger partial charge in [0.2, 0.25) is 0 Å². The fraction of sp³-hybridized carbons (Fsp3) is 0.571. The molecular formula is C14H22N2S. The van der Waals surface area contributed by atoms with E-state index in [4.69, 9.17) is 5.73 Å². The summed E-state index contributed by atoms with van der Waals surface area (Å²) in [7, 11) is 0. The second-order valence-electron chi connectivity index (χ2n) is 4.75. The van der Waals surface area contributed by atoms with E-state index in [2.05, 4.69) is 47.9 Å². The molecule has 0 aromatic heterocycles. The first-order chi connectivity index (χ1) is 8.29. The van der Waals surface area contributed by atoms with Crippen LogP contribution in [-0.2, 0) is 13.0 Å². The summed E-state index contributed by atoms with van der Waals surface area (Å²) >= 11 is 2.07. The van der Waals surface area contributed by atoms with Crippen LogP contribution in [0.15, 0.2) is 24.3 Å². The summed E-state index contributed by atoms with van der Waals surface area (Å²) in [5.74, 6) is 2.54. The average Bonchev–Trinajstić information content (AvgIpc) is 2.35. The lowest BCUT2D eigenvalue weighted by atomic mass is 10.1. The predicted molar refractivity (Wildman–Crippen MR) is 76.4 cm³/mol. The first-order valence-electron chi connectivity index (χ1n) is 6.39. The first kappa shape index (κ1) is 12.9. The van der Waals surface area contributed by atoms with Crippen LogP contribution in [0.25, 0.3) is 0 Å². The normalized spacial score (nSPS) is 21.6. The first-order valence-corrected chi connectivity index (χ1v) is 7.55. The van der Waals surface area contributed by atoms with Crippen LogP contribution in [0.4, 0.5) is 0 Å². The van der Waals surface area contributed by atoms with E-state index in [1.807, 2.05) is 0 Å². The Morgan fingerprint density at radius 3 is 2.65 bits per heavy atom. The minimum absolute atomic E-state index is 0.706. The van der Waals surface area contributed by atoms with Crippen molar-refractivity contribution in [3.63, 3.8) is 0 Å². The van der Waals surface area contributed by atoms with E-state index < -0.39 is 0 Å². The maximum absolute atomic E-state index is 5.56. The zero-order chi connectivity index (χ0) is 12.1. The Morgan fingerprint density at radius 2 is 2.00 bits per heavy atom. The van der Waals surface area contributed by atoms with Crippen LogP contribution in [-0.4, -0.2) is 35.5 Å². The highest BCUT2D eigenvalue weighted by Gasteiger charge is 2.18. The molecule has 0 amide bonds. The average molecular weight is 250 g/mol. The third-order valence-corrected chi connectivity index (χ3v) is 4.54. The third kappa shape index (κ3) is 3.73. The van der Waals surface area contributed by atoms with Gasteiger partial charge in [0.15, 0.2) is 0 Å². The smallest absolute Gasteiger partial charge is 0.0237 e. The Labute approximate surface area is 109 Å². The molecule has 0 bridgehead atoms. The minimum atomic E-state index is 0.706. The summed E-state index contributed by atoms with van der Waals surface area (Å²) in [6.45, 7) is 5.37. The Morgan fingerprint density at radius 1 is 1.29 bits per heavy atom. The van der Waals surface area contributed by atoms with Gasteiger partial charge in [0.05, 0.1) is 0 Å². The quantitative estimate of drug-likeness (QED) is 0.887. The van der Waals surface area contributed by atoms with Gasteiger partial charge in [-0.2, -0.15) is 11.8 Å². The van der Waals surface area contributed by atoms with Crippen LogP contribution in [0.1, 0.15) is 18.1 Å². The van der Waals surface area contributed by atoms with Crippen LogP contribution in [0.5, 0.6) is 0 Å². The zero-order valence-corrected chi connectivity index (χ0v) is 11.4. The molecular weight excluding hydrogens is 228 g/mol. The molecule has 1 aliphatic rings. The molecule has 1 fully saturated rings. The second-order valence-corrected chi connectivity index (χ2v) is 5.90. The van der Waals surface area contributed by atoms with E-state index in [-0.39, 0.29) is 0 Å². The fourth-order valence-electron chi connectivity index (χ4n) is 2.21. The molecule has 1 aromatic rings. The molecule has 0 spiro atoms. The highest BCUT2D eigenvalue weighted by atomic mass is 32.2. The zero-order valence-electron chi connectivity index (χ0n) is 10.6. The molecule has 1 atom stereocenters. The Bertz CT molecular complexity index is 337. The third-order valence-electron chi connectivity index (χ3n) is 3.35. The van der Waals surface area contributed by atoms with Gasteiger partial charge in [-0.05, 0) is 31.0 Å². The van der Waals surface area contributed by atoms with Crippen molar-refractivity contribution in [2.24, 2.45) is 5.73 Å². The minimum Gasteiger partial charge on any atom is -0.330 e. The van der Waals surface area contributed by atoms with Gasteiger partial charge >= 0.3 is 0 Å². The van der Waals surface area contributed by atoms with Crippen LogP contribution in [0, 0.1) is 0 Å². The second kappa shape index (κ2) is 6.43. The molecule has 1 unspecified atom stereocenters. The molecule has 0 aliphatic carbocycles. The van der Waals surface area contributed by atoms with Crippen LogP contribution in [0.2, 0.25) is 0 Å². The summed E-state index contributed by atoms with van der Waals surface area (Å²) in [6, 6.07) is 9.63. The highest BCUT2D eigenvalue weighted by Crippen LogP contribution is 2.18. The van der Waals surface area contributed by atoms with Crippen molar-refractivity contribution >= 4 is 11.8 Å². The summed E-state index contributed by atoms with van der Waals surface area (Å²) < 4.78 is 0. The van der Waals surface area contributed by atoms with Crippen LogP contribution in [0.3, 0.4) is 0 Å². The summed E-state index contributed by atoms with van der Waals surface area (Å²) in [4.78, 5) is 2.58. The Balaban J connectivity index is 1.93. The van der Waals surface area contributed by atoms with Gasteiger partial charge in [-0.15, -0.1) is 0 Å². The van der Waals surface area contributed by atoms with Crippen molar-refractivity contribution in [3.8, 4) is 0 Å². The number of rotatable bonds is 4. The van der Waals surface area contributed by atoms with E-state index >= 15 is 0 Å². The number of hydrogen-bond acceptors (Lipinski definition) is 3. The summed E-state index contributed by atoms with van der Waals surface area (Å²) in [5.41, 5.74) is 8.32. The van der Waals surface area contributed by atoms with Crippen molar-refractivity contribution in [3.05, 3.63) is 35.4 Å².